The van der Waals surface area contributed by atoms with Crippen molar-refractivity contribution in [2.45, 2.75) is 4.90 Å². The van der Waals surface area contributed by atoms with Gasteiger partial charge < -0.3 is 5.11 Å². The zero-order chi connectivity index (χ0) is 15.0. The average Bonchev–Trinajstić information content (AvgIpc) is 2.90. The summed E-state index contributed by atoms with van der Waals surface area (Å²) in [6, 6.07) is 8.82. The zero-order valence-corrected chi connectivity index (χ0v) is 12.7. The molecule has 9 heteroatoms. The van der Waals surface area contributed by atoms with Crippen LogP contribution in [0.5, 0.6) is 5.75 Å². The summed E-state index contributed by atoms with van der Waals surface area (Å²) in [5.41, 5.74) is 1.03. The smallest absolute Gasteiger partial charge is 0.264 e. The monoisotopic (exact) mass is 341 g/mol. The van der Waals surface area contributed by atoms with Gasteiger partial charge >= 0.3 is 0 Å². The zero-order valence-electron chi connectivity index (χ0n) is 10.3. The maximum absolute atomic E-state index is 12.4. The third kappa shape index (κ3) is 2.65. The van der Waals surface area contributed by atoms with E-state index in [1.165, 1.54) is 24.3 Å². The second-order valence-corrected chi connectivity index (χ2v) is 6.75. The van der Waals surface area contributed by atoms with E-state index < -0.39 is 10.0 Å². The molecule has 2 N–H and O–H groups in total. The number of hydrogen-bond acceptors (Lipinski definition) is 6. The van der Waals surface area contributed by atoms with E-state index >= 15 is 0 Å². The first-order chi connectivity index (χ1) is 9.97. The molecular weight excluding hydrogens is 334 g/mol. The molecule has 3 rings (SSSR count). The van der Waals surface area contributed by atoms with Crippen molar-refractivity contribution in [1.29, 1.82) is 0 Å². The average molecular weight is 342 g/mol. The molecular formula is C12H8ClN3O3S2. The van der Waals surface area contributed by atoms with Gasteiger partial charge in [0.1, 0.15) is 21.7 Å². The van der Waals surface area contributed by atoms with E-state index in [4.69, 9.17) is 11.6 Å². The predicted molar refractivity (Wildman–Crippen MR) is 81.3 cm³/mol. The number of nitrogens with one attached hydrogen (secondary N) is 1. The van der Waals surface area contributed by atoms with Gasteiger partial charge in [-0.15, -0.1) is 0 Å². The number of benzene rings is 2. The first-order valence-corrected chi connectivity index (χ1v) is 8.29. The van der Waals surface area contributed by atoms with Gasteiger partial charge in [0.25, 0.3) is 10.0 Å². The maximum Gasteiger partial charge on any atom is 0.264 e. The van der Waals surface area contributed by atoms with Crippen molar-refractivity contribution in [2.24, 2.45) is 0 Å². The highest BCUT2D eigenvalue weighted by atomic mass is 35.5. The predicted octanol–water partition coefficient (Wildman–Crippen LogP) is 2.85. The van der Waals surface area contributed by atoms with Crippen molar-refractivity contribution in [1.82, 2.24) is 8.75 Å². The molecule has 0 fully saturated rings. The maximum atomic E-state index is 12.4. The van der Waals surface area contributed by atoms with Gasteiger partial charge in [0, 0.05) is 6.07 Å². The number of aromatic hydroxyl groups is 1. The van der Waals surface area contributed by atoms with Crippen LogP contribution in [0, 0.1) is 0 Å². The first kappa shape index (κ1) is 14.1. The van der Waals surface area contributed by atoms with E-state index in [0.29, 0.717) is 11.0 Å². The summed E-state index contributed by atoms with van der Waals surface area (Å²) < 4.78 is 35.2. The number of fused-ring (bicyclic) bond motifs is 1. The molecule has 108 valence electrons. The Kier molecular flexibility index (Phi) is 3.44. The normalized spacial score (nSPS) is 11.7. The Balaban J connectivity index is 2.04. The third-order valence-corrected chi connectivity index (χ3v) is 5.01. The minimum atomic E-state index is -3.84. The summed E-state index contributed by atoms with van der Waals surface area (Å²) in [7, 11) is -3.84. The minimum Gasteiger partial charge on any atom is -0.506 e. The van der Waals surface area contributed by atoms with E-state index in [-0.39, 0.29) is 21.4 Å². The highest BCUT2D eigenvalue weighted by molar-refractivity contribution is 7.93. The molecule has 0 aliphatic heterocycles. The molecule has 0 radical (unpaired) electrons. The molecule has 1 heterocycles. The first-order valence-electron chi connectivity index (χ1n) is 5.70. The lowest BCUT2D eigenvalue weighted by atomic mass is 10.3. The van der Waals surface area contributed by atoms with E-state index in [1.54, 1.807) is 12.1 Å². The van der Waals surface area contributed by atoms with Crippen molar-refractivity contribution in [2.75, 3.05) is 4.72 Å². The minimum absolute atomic E-state index is 0.0307. The van der Waals surface area contributed by atoms with Crippen molar-refractivity contribution in [3.05, 3.63) is 41.4 Å². The highest BCUT2D eigenvalue weighted by Gasteiger charge is 2.20. The van der Waals surface area contributed by atoms with Gasteiger partial charge in [-0.25, -0.2) is 8.42 Å². The number of phenolic OH excluding ortho intramolecular Hbond substituents is 1. The fraction of sp³-hybridized carbons (Fsp3) is 0. The molecule has 1 aromatic heterocycles. The summed E-state index contributed by atoms with van der Waals surface area (Å²) in [5, 5.41) is 9.66. The van der Waals surface area contributed by atoms with E-state index in [9.17, 15) is 13.5 Å². The standard InChI is InChI=1S/C12H8ClN3O3S2/c13-8-5-4-7(6-10(8)17)16-21(18,19)11-3-1-2-9-12(11)15-20-14-9/h1-6,16-17H. The van der Waals surface area contributed by atoms with Crippen LogP contribution in [0.3, 0.4) is 0 Å². The number of anilines is 1. The summed E-state index contributed by atoms with van der Waals surface area (Å²) in [5.74, 6) is -0.203. The molecule has 0 saturated heterocycles. The lowest BCUT2D eigenvalue weighted by Gasteiger charge is -2.09. The number of rotatable bonds is 3. The van der Waals surface area contributed by atoms with Gasteiger partial charge in [0.15, 0.2) is 0 Å². The molecule has 0 atom stereocenters. The molecule has 3 aromatic rings. The SMILES string of the molecule is O=S(=O)(Nc1ccc(Cl)c(O)c1)c1cccc2nsnc12. The van der Waals surface area contributed by atoms with Crippen LogP contribution in [0.2, 0.25) is 5.02 Å². The van der Waals surface area contributed by atoms with E-state index in [0.717, 1.165) is 11.7 Å². The quantitative estimate of drug-likeness (QED) is 0.764. The Morgan fingerprint density at radius 3 is 2.76 bits per heavy atom. The molecule has 0 unspecified atom stereocenters. The Morgan fingerprint density at radius 1 is 1.19 bits per heavy atom. The lowest BCUT2D eigenvalue weighted by molar-refractivity contribution is 0.476. The van der Waals surface area contributed by atoms with Crippen LogP contribution < -0.4 is 4.72 Å². The van der Waals surface area contributed by atoms with Gasteiger partial charge in [-0.3, -0.25) is 4.72 Å². The molecule has 0 bridgehead atoms. The molecule has 0 aliphatic carbocycles. The number of phenols is 1. The second kappa shape index (κ2) is 5.14. The van der Waals surface area contributed by atoms with E-state index in [2.05, 4.69) is 13.5 Å². The molecule has 0 spiro atoms. The fourth-order valence-corrected chi connectivity index (χ4v) is 3.72. The van der Waals surface area contributed by atoms with Crippen LogP contribution in [-0.4, -0.2) is 22.3 Å². The van der Waals surface area contributed by atoms with Gasteiger partial charge in [-0.1, -0.05) is 17.7 Å². The van der Waals surface area contributed by atoms with E-state index in [1.807, 2.05) is 0 Å². The number of hydrogen-bond donors (Lipinski definition) is 2. The van der Waals surface area contributed by atoms with Crippen LogP contribution >= 0.6 is 23.3 Å². The van der Waals surface area contributed by atoms with Crippen LogP contribution in [-0.2, 0) is 10.0 Å². The summed E-state index contributed by atoms with van der Waals surface area (Å²) in [6.07, 6.45) is 0. The molecule has 2 aromatic carbocycles. The summed E-state index contributed by atoms with van der Waals surface area (Å²) >= 11 is 6.63. The van der Waals surface area contributed by atoms with Crippen LogP contribution in [0.4, 0.5) is 5.69 Å². The third-order valence-electron chi connectivity index (χ3n) is 2.74. The number of nitrogens with zero attached hydrogens (tertiary/aromatic N) is 2. The summed E-state index contributed by atoms with van der Waals surface area (Å²) in [6.45, 7) is 0. The van der Waals surface area contributed by atoms with Crippen molar-refractivity contribution < 1.29 is 13.5 Å². The van der Waals surface area contributed by atoms with Gasteiger partial charge in [0.05, 0.1) is 22.4 Å². The van der Waals surface area contributed by atoms with Crippen molar-refractivity contribution in [3.8, 4) is 5.75 Å². The van der Waals surface area contributed by atoms with Crippen molar-refractivity contribution in [3.63, 3.8) is 0 Å². The molecule has 0 amide bonds. The molecule has 6 nitrogen and oxygen atoms in total. The fourth-order valence-electron chi connectivity index (χ4n) is 1.78. The van der Waals surface area contributed by atoms with Crippen molar-refractivity contribution >= 4 is 50.1 Å². The number of halogens is 1. The Hall–Kier alpha value is -1.90. The Morgan fingerprint density at radius 2 is 2.00 bits per heavy atom. The highest BCUT2D eigenvalue weighted by Crippen LogP contribution is 2.28. The van der Waals surface area contributed by atoms with Gasteiger partial charge in [-0.05, 0) is 24.3 Å². The molecule has 21 heavy (non-hydrogen) atoms. The Bertz CT molecular complexity index is 924. The number of sulfonamides is 1. The Labute approximate surface area is 129 Å². The second-order valence-electron chi connectivity index (χ2n) is 4.16. The largest absolute Gasteiger partial charge is 0.506 e. The van der Waals surface area contributed by atoms with Crippen LogP contribution in [0.1, 0.15) is 0 Å². The molecule has 0 aliphatic rings. The topological polar surface area (TPSA) is 92.2 Å². The summed E-state index contributed by atoms with van der Waals surface area (Å²) in [4.78, 5) is 0.0307. The number of aromatic nitrogens is 2. The molecule has 0 saturated carbocycles. The van der Waals surface area contributed by atoms with Crippen LogP contribution in [0.15, 0.2) is 41.3 Å². The van der Waals surface area contributed by atoms with Crippen LogP contribution in [0.25, 0.3) is 11.0 Å². The van der Waals surface area contributed by atoms with Gasteiger partial charge in [-0.2, -0.15) is 8.75 Å². The lowest BCUT2D eigenvalue weighted by Crippen LogP contribution is -2.13. The van der Waals surface area contributed by atoms with Gasteiger partial charge in [0.2, 0.25) is 0 Å².